The molecule has 36 heavy (non-hydrogen) atoms. The average Bonchev–Trinajstić information content (AvgIpc) is 3.37. The maximum absolute atomic E-state index is 12.6. The van der Waals surface area contributed by atoms with Crippen molar-refractivity contribution in [3.63, 3.8) is 0 Å². The van der Waals surface area contributed by atoms with E-state index in [-0.39, 0.29) is 19.1 Å². The maximum Gasteiger partial charge on any atom is 0.407 e. The molecule has 192 valence electrons. The van der Waals surface area contributed by atoms with E-state index in [2.05, 4.69) is 10.3 Å². The molecule has 1 aromatic heterocycles. The number of hydrogen-bond donors (Lipinski definition) is 3. The van der Waals surface area contributed by atoms with Crippen molar-refractivity contribution in [3.05, 3.63) is 88.4 Å². The van der Waals surface area contributed by atoms with Crippen LogP contribution in [-0.4, -0.2) is 56.5 Å². The van der Waals surface area contributed by atoms with Gasteiger partial charge in [0, 0.05) is 18.3 Å². The van der Waals surface area contributed by atoms with Gasteiger partial charge in [-0.1, -0.05) is 60.7 Å². The fourth-order valence-electron chi connectivity index (χ4n) is 4.22. The van der Waals surface area contributed by atoms with Gasteiger partial charge in [0.05, 0.1) is 22.5 Å². The molecule has 1 heterocycles. The van der Waals surface area contributed by atoms with Crippen molar-refractivity contribution in [1.82, 2.24) is 15.2 Å². The van der Waals surface area contributed by atoms with E-state index >= 15 is 0 Å². The van der Waals surface area contributed by atoms with Gasteiger partial charge in [-0.2, -0.15) is 0 Å². The molecule has 3 atom stereocenters. The standard InChI is InChI=1S/C27H33N3O5S/c1-19(2)30(27(33)34)22(13-20-9-5-3-6-10-20)15-25(31)24(14-21-11-7-4-8-12-21)29-26(32)35-17-23-16-28-18-36-23/h3-12,16,18-19,22,24-25,31H,13-15,17H2,1-2H3,(H,29,32)(H,33,34)/t22-,24-,25-/m0/s1. The lowest BCUT2D eigenvalue weighted by Gasteiger charge is -2.36. The van der Waals surface area contributed by atoms with Crippen molar-refractivity contribution in [2.24, 2.45) is 0 Å². The number of aliphatic hydroxyl groups excluding tert-OH is 1. The molecule has 3 N–H and O–H groups in total. The molecule has 0 radical (unpaired) electrons. The van der Waals surface area contributed by atoms with E-state index < -0.39 is 30.4 Å². The lowest BCUT2D eigenvalue weighted by molar-refractivity contribution is 0.0553. The van der Waals surface area contributed by atoms with Crippen LogP contribution in [0.3, 0.4) is 0 Å². The molecular weight excluding hydrogens is 478 g/mol. The van der Waals surface area contributed by atoms with Crippen LogP contribution in [-0.2, 0) is 24.2 Å². The molecule has 0 unspecified atom stereocenters. The number of aliphatic hydroxyl groups is 1. The molecule has 9 heteroatoms. The van der Waals surface area contributed by atoms with Crippen LogP contribution in [0.1, 0.15) is 36.3 Å². The van der Waals surface area contributed by atoms with Crippen LogP contribution in [0, 0.1) is 0 Å². The highest BCUT2D eigenvalue weighted by Gasteiger charge is 2.32. The second-order valence-corrected chi connectivity index (χ2v) is 9.89. The van der Waals surface area contributed by atoms with Crippen LogP contribution in [0.5, 0.6) is 0 Å². The van der Waals surface area contributed by atoms with Gasteiger partial charge in [0.15, 0.2) is 0 Å². The molecule has 2 aromatic carbocycles. The Morgan fingerprint density at radius 1 is 1.03 bits per heavy atom. The molecule has 0 spiro atoms. The summed E-state index contributed by atoms with van der Waals surface area (Å²) in [5.74, 6) is 0. The first-order chi connectivity index (χ1) is 17.3. The quantitative estimate of drug-likeness (QED) is 0.324. The van der Waals surface area contributed by atoms with E-state index in [1.165, 1.54) is 16.2 Å². The van der Waals surface area contributed by atoms with Gasteiger partial charge >= 0.3 is 12.2 Å². The summed E-state index contributed by atoms with van der Waals surface area (Å²) in [6, 6.07) is 17.7. The monoisotopic (exact) mass is 511 g/mol. The van der Waals surface area contributed by atoms with Gasteiger partial charge in [0.1, 0.15) is 6.61 Å². The Bertz CT molecular complexity index is 1060. The average molecular weight is 512 g/mol. The van der Waals surface area contributed by atoms with Gasteiger partial charge < -0.3 is 25.2 Å². The smallest absolute Gasteiger partial charge is 0.407 e. The third-order valence-electron chi connectivity index (χ3n) is 5.89. The Balaban J connectivity index is 1.78. The van der Waals surface area contributed by atoms with Crippen LogP contribution in [0.15, 0.2) is 72.4 Å². The van der Waals surface area contributed by atoms with Gasteiger partial charge in [-0.3, -0.25) is 4.98 Å². The van der Waals surface area contributed by atoms with Crippen molar-refractivity contribution >= 4 is 23.5 Å². The zero-order valence-corrected chi connectivity index (χ0v) is 21.3. The minimum absolute atomic E-state index is 0.0847. The number of carbonyl (C=O) groups is 2. The van der Waals surface area contributed by atoms with Gasteiger partial charge in [-0.05, 0) is 44.2 Å². The molecule has 0 saturated heterocycles. The van der Waals surface area contributed by atoms with Crippen LogP contribution in [0.2, 0.25) is 0 Å². The Kier molecular flexibility index (Phi) is 10.3. The van der Waals surface area contributed by atoms with Crippen molar-refractivity contribution in [1.29, 1.82) is 0 Å². The van der Waals surface area contributed by atoms with Gasteiger partial charge in [0.25, 0.3) is 0 Å². The molecule has 0 aliphatic rings. The molecule has 0 fully saturated rings. The number of rotatable bonds is 12. The number of amides is 2. The number of thiazole rings is 1. The number of ether oxygens (including phenoxy) is 1. The Morgan fingerprint density at radius 2 is 1.64 bits per heavy atom. The van der Waals surface area contributed by atoms with Crippen molar-refractivity contribution in [2.75, 3.05) is 0 Å². The van der Waals surface area contributed by atoms with Gasteiger partial charge in [0.2, 0.25) is 0 Å². The summed E-state index contributed by atoms with van der Waals surface area (Å²) < 4.78 is 5.33. The largest absolute Gasteiger partial charge is 0.465 e. The zero-order valence-electron chi connectivity index (χ0n) is 20.5. The predicted octanol–water partition coefficient (Wildman–Crippen LogP) is 4.73. The van der Waals surface area contributed by atoms with Gasteiger partial charge in [-0.15, -0.1) is 11.3 Å². The predicted molar refractivity (Wildman–Crippen MR) is 139 cm³/mol. The highest BCUT2D eigenvalue weighted by Crippen LogP contribution is 2.20. The number of carboxylic acid groups (broad SMARTS) is 1. The number of alkyl carbamates (subject to hydrolysis) is 1. The summed E-state index contributed by atoms with van der Waals surface area (Å²) in [5.41, 5.74) is 3.56. The molecule has 2 amide bonds. The van der Waals surface area contributed by atoms with Crippen molar-refractivity contribution in [2.45, 2.75) is 63.9 Å². The number of benzene rings is 2. The van der Waals surface area contributed by atoms with Crippen LogP contribution < -0.4 is 5.32 Å². The fourth-order valence-corrected chi connectivity index (χ4v) is 4.72. The third kappa shape index (κ3) is 8.35. The number of nitrogens with zero attached hydrogens (tertiary/aromatic N) is 2. The first-order valence-electron chi connectivity index (χ1n) is 11.9. The number of carbonyl (C=O) groups excluding carboxylic acids is 1. The zero-order chi connectivity index (χ0) is 25.9. The summed E-state index contributed by atoms with van der Waals surface area (Å²) in [7, 11) is 0. The summed E-state index contributed by atoms with van der Waals surface area (Å²) in [4.78, 5) is 30.9. The lowest BCUT2D eigenvalue weighted by Crippen LogP contribution is -2.51. The maximum atomic E-state index is 12.6. The van der Waals surface area contributed by atoms with Crippen molar-refractivity contribution in [3.8, 4) is 0 Å². The van der Waals surface area contributed by atoms with E-state index in [4.69, 9.17) is 4.74 Å². The van der Waals surface area contributed by atoms with E-state index in [0.717, 1.165) is 16.0 Å². The first kappa shape index (κ1) is 27.2. The second-order valence-electron chi connectivity index (χ2n) is 8.91. The van der Waals surface area contributed by atoms with Crippen LogP contribution >= 0.6 is 11.3 Å². The molecule has 8 nitrogen and oxygen atoms in total. The summed E-state index contributed by atoms with van der Waals surface area (Å²) >= 11 is 1.38. The minimum Gasteiger partial charge on any atom is -0.465 e. The van der Waals surface area contributed by atoms with Gasteiger partial charge in [-0.25, -0.2) is 9.59 Å². The highest BCUT2D eigenvalue weighted by molar-refractivity contribution is 7.09. The molecule has 0 saturated carbocycles. The lowest BCUT2D eigenvalue weighted by atomic mass is 9.92. The minimum atomic E-state index is -1.05. The Morgan fingerprint density at radius 3 is 2.17 bits per heavy atom. The summed E-state index contributed by atoms with van der Waals surface area (Å²) in [6.07, 6.45) is -0.131. The second kappa shape index (κ2) is 13.6. The van der Waals surface area contributed by atoms with E-state index in [0.29, 0.717) is 12.8 Å². The molecular formula is C27H33N3O5S. The SMILES string of the molecule is CC(C)N(C(=O)O)[C@@H](Cc1ccccc1)C[C@H](O)[C@H](Cc1ccccc1)NC(=O)OCc1cncs1. The normalized spacial score (nSPS) is 13.6. The van der Waals surface area contributed by atoms with E-state index in [1.807, 2.05) is 74.5 Å². The topological polar surface area (TPSA) is 112 Å². The molecule has 3 rings (SSSR count). The van der Waals surface area contributed by atoms with Crippen molar-refractivity contribution < 1.29 is 24.5 Å². The van der Waals surface area contributed by atoms with Crippen LogP contribution in [0.4, 0.5) is 9.59 Å². The number of aromatic nitrogens is 1. The Labute approximate surface area is 215 Å². The Hall–Kier alpha value is -3.43. The highest BCUT2D eigenvalue weighted by atomic mass is 32.1. The van der Waals surface area contributed by atoms with E-state index in [1.54, 1.807) is 11.7 Å². The first-order valence-corrected chi connectivity index (χ1v) is 12.8. The van der Waals surface area contributed by atoms with E-state index in [9.17, 15) is 19.8 Å². The summed E-state index contributed by atoms with van der Waals surface area (Å²) in [5, 5.41) is 24.1. The number of hydrogen-bond acceptors (Lipinski definition) is 6. The molecule has 0 bridgehead atoms. The molecule has 0 aliphatic heterocycles. The summed E-state index contributed by atoms with van der Waals surface area (Å²) in [6.45, 7) is 3.71. The van der Waals surface area contributed by atoms with Crippen LogP contribution in [0.25, 0.3) is 0 Å². The molecule has 3 aromatic rings. The third-order valence-corrected chi connectivity index (χ3v) is 6.65. The number of nitrogens with one attached hydrogen (secondary N) is 1. The molecule has 0 aliphatic carbocycles. The fraction of sp³-hybridized carbons (Fsp3) is 0.370.